The van der Waals surface area contributed by atoms with E-state index in [0.29, 0.717) is 0 Å². The van der Waals surface area contributed by atoms with Gasteiger partial charge >= 0.3 is 5.97 Å². The van der Waals surface area contributed by atoms with Crippen LogP contribution < -0.4 is 5.32 Å². The number of tetrazole rings is 1. The summed E-state index contributed by atoms with van der Waals surface area (Å²) in [5.41, 5.74) is 1.07. The molecule has 1 atom stereocenters. The molecule has 1 aliphatic rings. The van der Waals surface area contributed by atoms with E-state index in [4.69, 9.17) is 4.74 Å². The number of halogens is 1. The molecule has 1 aromatic carbocycles. The highest BCUT2D eigenvalue weighted by atomic mass is 79.9. The van der Waals surface area contributed by atoms with E-state index in [2.05, 4.69) is 36.8 Å². The zero-order valence-corrected chi connectivity index (χ0v) is 13.9. The summed E-state index contributed by atoms with van der Waals surface area (Å²) in [6.07, 6.45) is 0. The number of ether oxygens (including phenoxy) is 1. The first-order valence-electron chi connectivity index (χ1n) is 6.66. The molecule has 1 N–H and O–H groups in total. The second-order valence-corrected chi connectivity index (χ2v) is 5.78. The van der Waals surface area contributed by atoms with Crippen molar-refractivity contribution in [2.75, 3.05) is 12.4 Å². The molecule has 8 nitrogen and oxygen atoms in total. The fraction of sp³-hybridized carbons (Fsp3) is 0.214. The normalized spacial score (nSPS) is 16.6. The summed E-state index contributed by atoms with van der Waals surface area (Å²) < 4.78 is 7.13. The Kier molecular flexibility index (Phi) is 3.95. The van der Waals surface area contributed by atoms with Gasteiger partial charge in [-0.25, -0.2) is 4.79 Å². The molecule has 0 aliphatic carbocycles. The minimum atomic E-state index is -0.647. The Hall–Kier alpha value is -2.55. The first-order chi connectivity index (χ1) is 11.0. The maximum Gasteiger partial charge on any atom is 0.355 e. The lowest BCUT2D eigenvalue weighted by Crippen LogP contribution is -2.32. The predicted molar refractivity (Wildman–Crippen MR) is 83.4 cm³/mol. The molecule has 0 spiro atoms. The molecule has 0 radical (unpaired) electrons. The van der Waals surface area contributed by atoms with Crippen LogP contribution in [0.3, 0.4) is 0 Å². The second-order valence-electron chi connectivity index (χ2n) is 4.86. The molecule has 1 aromatic heterocycles. The summed E-state index contributed by atoms with van der Waals surface area (Å²) >= 11 is 3.37. The number of hydrogen-bond donors (Lipinski definition) is 1. The van der Waals surface area contributed by atoms with Crippen molar-refractivity contribution in [1.82, 2.24) is 20.2 Å². The lowest BCUT2D eigenvalue weighted by Gasteiger charge is -2.27. The third-order valence-electron chi connectivity index (χ3n) is 3.47. The number of nitrogens with zero attached hydrogens (tertiary/aromatic N) is 4. The van der Waals surface area contributed by atoms with E-state index in [9.17, 15) is 9.59 Å². The number of allylic oxidation sites excluding steroid dienone is 1. The molecule has 2 heterocycles. The van der Waals surface area contributed by atoms with E-state index < -0.39 is 12.0 Å². The molecule has 1 aliphatic heterocycles. The van der Waals surface area contributed by atoms with Crippen LogP contribution >= 0.6 is 15.9 Å². The minimum Gasteiger partial charge on any atom is -0.464 e. The lowest BCUT2D eigenvalue weighted by atomic mass is 9.93. The molecule has 9 heteroatoms. The van der Waals surface area contributed by atoms with Gasteiger partial charge in [-0.1, -0.05) is 33.2 Å². The first kappa shape index (κ1) is 15.3. The number of rotatable bonds is 3. The van der Waals surface area contributed by atoms with E-state index in [0.717, 1.165) is 10.0 Å². The maximum absolute atomic E-state index is 12.2. The molecular formula is C14H12BrN5O3. The van der Waals surface area contributed by atoms with Crippen molar-refractivity contribution in [1.29, 1.82) is 0 Å². The third-order valence-corrected chi connectivity index (χ3v) is 4.00. The van der Waals surface area contributed by atoms with Gasteiger partial charge in [0.15, 0.2) is 5.78 Å². The van der Waals surface area contributed by atoms with Crippen molar-refractivity contribution in [2.24, 2.45) is 0 Å². The SMILES string of the molecule is COC(=O)C1=C(C(C)=O)[C@H](c2ccc(Br)cc2)n2nnnc2N1. The van der Waals surface area contributed by atoms with Crippen LogP contribution in [0.4, 0.5) is 5.95 Å². The molecule has 0 unspecified atom stereocenters. The van der Waals surface area contributed by atoms with Crippen LogP contribution in [-0.4, -0.2) is 39.1 Å². The highest BCUT2D eigenvalue weighted by molar-refractivity contribution is 9.10. The van der Waals surface area contributed by atoms with Crippen LogP contribution in [0.25, 0.3) is 0 Å². The summed E-state index contributed by atoms with van der Waals surface area (Å²) in [6.45, 7) is 1.39. The molecule has 0 fully saturated rings. The minimum absolute atomic E-state index is 0.0511. The smallest absolute Gasteiger partial charge is 0.355 e. The van der Waals surface area contributed by atoms with Crippen molar-refractivity contribution in [3.8, 4) is 0 Å². The number of aromatic nitrogens is 4. The van der Waals surface area contributed by atoms with Crippen molar-refractivity contribution in [2.45, 2.75) is 13.0 Å². The molecule has 0 bridgehead atoms. The van der Waals surface area contributed by atoms with Crippen LogP contribution in [0.2, 0.25) is 0 Å². The summed E-state index contributed by atoms with van der Waals surface area (Å²) in [5.74, 6) is -0.651. The summed E-state index contributed by atoms with van der Waals surface area (Å²) in [4.78, 5) is 24.3. The van der Waals surface area contributed by atoms with E-state index in [1.54, 1.807) is 0 Å². The van der Waals surface area contributed by atoms with Crippen LogP contribution in [0.15, 0.2) is 40.0 Å². The van der Waals surface area contributed by atoms with Crippen molar-refractivity contribution in [3.63, 3.8) is 0 Å². The Labute approximate surface area is 139 Å². The van der Waals surface area contributed by atoms with Gasteiger partial charge in [-0.05, 0) is 35.0 Å². The molecule has 0 amide bonds. The Morgan fingerprint density at radius 2 is 2.00 bits per heavy atom. The summed E-state index contributed by atoms with van der Waals surface area (Å²) in [7, 11) is 1.25. The van der Waals surface area contributed by atoms with Crippen LogP contribution in [0.5, 0.6) is 0 Å². The number of benzene rings is 1. The number of anilines is 1. The van der Waals surface area contributed by atoms with E-state index in [1.807, 2.05) is 24.3 Å². The highest BCUT2D eigenvalue weighted by Gasteiger charge is 2.36. The number of fused-ring (bicyclic) bond motifs is 1. The van der Waals surface area contributed by atoms with E-state index in [-0.39, 0.29) is 23.0 Å². The van der Waals surface area contributed by atoms with Gasteiger partial charge in [-0.2, -0.15) is 4.68 Å². The van der Waals surface area contributed by atoms with Gasteiger partial charge in [-0.15, -0.1) is 0 Å². The topological polar surface area (TPSA) is 99.0 Å². The molecule has 23 heavy (non-hydrogen) atoms. The third kappa shape index (κ3) is 2.63. The molecule has 0 saturated carbocycles. The van der Waals surface area contributed by atoms with Crippen molar-refractivity contribution in [3.05, 3.63) is 45.6 Å². The molecule has 2 aromatic rings. The number of methoxy groups -OCH3 is 1. The Bertz CT molecular complexity index is 812. The predicted octanol–water partition coefficient (Wildman–Crippen LogP) is 1.47. The van der Waals surface area contributed by atoms with Crippen LogP contribution in [0.1, 0.15) is 18.5 Å². The van der Waals surface area contributed by atoms with Gasteiger partial charge in [-0.3, -0.25) is 4.79 Å². The molecule has 118 valence electrons. The fourth-order valence-electron chi connectivity index (χ4n) is 2.47. The van der Waals surface area contributed by atoms with Crippen molar-refractivity contribution >= 4 is 33.6 Å². The van der Waals surface area contributed by atoms with Gasteiger partial charge in [0.05, 0.1) is 12.7 Å². The van der Waals surface area contributed by atoms with Crippen LogP contribution in [0, 0.1) is 0 Å². The zero-order valence-electron chi connectivity index (χ0n) is 12.3. The van der Waals surface area contributed by atoms with E-state index >= 15 is 0 Å². The lowest BCUT2D eigenvalue weighted by molar-refractivity contribution is -0.136. The standard InChI is InChI=1S/C14H12BrN5O3/c1-7(21)10-11(13(22)23-2)16-14-17-18-19-20(14)12(10)8-3-5-9(15)6-4-8/h3-6,12H,1-2H3,(H,16,17,19)/t12-/m0/s1. The maximum atomic E-state index is 12.2. The molecule has 0 saturated heterocycles. The quantitative estimate of drug-likeness (QED) is 0.808. The number of ketones is 1. The first-order valence-corrected chi connectivity index (χ1v) is 7.46. The number of Topliss-reactive ketones (excluding diaryl/α,β-unsaturated/α-hetero) is 1. The number of carbonyl (C=O) groups is 2. The Balaban J connectivity index is 2.23. The van der Waals surface area contributed by atoms with Gasteiger partial charge in [0.2, 0.25) is 5.95 Å². The number of esters is 1. The van der Waals surface area contributed by atoms with Gasteiger partial charge in [0.1, 0.15) is 11.7 Å². The number of carbonyl (C=O) groups excluding carboxylic acids is 2. The molecule has 3 rings (SSSR count). The van der Waals surface area contributed by atoms with Gasteiger partial charge in [0, 0.05) is 4.47 Å². The zero-order chi connectivity index (χ0) is 16.6. The van der Waals surface area contributed by atoms with Gasteiger partial charge < -0.3 is 10.1 Å². The fourth-order valence-corrected chi connectivity index (χ4v) is 2.74. The summed E-state index contributed by atoms with van der Waals surface area (Å²) in [5, 5.41) is 14.2. The highest BCUT2D eigenvalue weighted by Crippen LogP contribution is 2.35. The summed E-state index contributed by atoms with van der Waals surface area (Å²) in [6, 6.07) is 6.75. The monoisotopic (exact) mass is 377 g/mol. The largest absolute Gasteiger partial charge is 0.464 e. The average Bonchev–Trinajstić information content (AvgIpc) is 3.01. The van der Waals surface area contributed by atoms with Crippen molar-refractivity contribution < 1.29 is 14.3 Å². The van der Waals surface area contributed by atoms with E-state index in [1.165, 1.54) is 18.7 Å². The number of hydrogen-bond acceptors (Lipinski definition) is 7. The average molecular weight is 378 g/mol. The Morgan fingerprint density at radius 3 is 2.61 bits per heavy atom. The number of nitrogens with one attached hydrogen (secondary N) is 1. The van der Waals surface area contributed by atoms with Gasteiger partial charge in [0.25, 0.3) is 0 Å². The Morgan fingerprint density at radius 1 is 1.30 bits per heavy atom. The van der Waals surface area contributed by atoms with Crippen LogP contribution in [-0.2, 0) is 14.3 Å². The second kappa shape index (κ2) is 5.92. The molecular weight excluding hydrogens is 366 g/mol.